The van der Waals surface area contributed by atoms with E-state index in [4.69, 9.17) is 4.74 Å². The first-order valence-electron chi connectivity index (χ1n) is 7.28. The monoisotopic (exact) mass is 268 g/mol. The Morgan fingerprint density at radius 2 is 1.95 bits per heavy atom. The number of carbonyl (C=O) groups is 1. The van der Waals surface area contributed by atoms with Crippen LogP contribution in [0.2, 0.25) is 0 Å². The summed E-state index contributed by atoms with van der Waals surface area (Å²) >= 11 is 0. The zero-order chi connectivity index (χ0) is 14.3. The standard InChI is InChI=1S/C18H20O2/c1-11(2)15-9-12-7-8-14-13(5-4-6-17(14)19)16(12)10-18(15)20-3/h7-11H,4-6H2,1-3H3. The van der Waals surface area contributed by atoms with Crippen LogP contribution in [0.25, 0.3) is 10.8 Å². The number of rotatable bonds is 2. The van der Waals surface area contributed by atoms with E-state index in [2.05, 4.69) is 32.0 Å². The first-order valence-corrected chi connectivity index (χ1v) is 7.28. The van der Waals surface area contributed by atoms with Crippen molar-refractivity contribution in [2.24, 2.45) is 0 Å². The second-order valence-electron chi connectivity index (χ2n) is 5.84. The van der Waals surface area contributed by atoms with Crippen LogP contribution < -0.4 is 4.74 Å². The number of aryl methyl sites for hydroxylation is 1. The van der Waals surface area contributed by atoms with E-state index in [0.29, 0.717) is 12.3 Å². The average Bonchev–Trinajstić information content (AvgIpc) is 2.45. The first kappa shape index (κ1) is 13.2. The van der Waals surface area contributed by atoms with Gasteiger partial charge in [0.2, 0.25) is 0 Å². The van der Waals surface area contributed by atoms with Crippen LogP contribution in [-0.2, 0) is 6.42 Å². The molecule has 0 N–H and O–H groups in total. The topological polar surface area (TPSA) is 26.3 Å². The van der Waals surface area contributed by atoms with Crippen LogP contribution >= 0.6 is 0 Å². The molecule has 0 bridgehead atoms. The van der Waals surface area contributed by atoms with Crippen LogP contribution in [0.4, 0.5) is 0 Å². The average molecular weight is 268 g/mol. The summed E-state index contributed by atoms with van der Waals surface area (Å²) in [6.07, 6.45) is 2.63. The van der Waals surface area contributed by atoms with Crippen LogP contribution in [0.5, 0.6) is 5.75 Å². The van der Waals surface area contributed by atoms with E-state index in [1.54, 1.807) is 7.11 Å². The predicted octanol–water partition coefficient (Wildman–Crippen LogP) is 4.49. The van der Waals surface area contributed by atoms with Crippen LogP contribution in [0.15, 0.2) is 24.3 Å². The number of carbonyl (C=O) groups excluding carboxylic acids is 1. The lowest BCUT2D eigenvalue weighted by atomic mass is 9.85. The molecule has 0 aromatic heterocycles. The van der Waals surface area contributed by atoms with Gasteiger partial charge in [0.15, 0.2) is 5.78 Å². The van der Waals surface area contributed by atoms with Gasteiger partial charge in [0.1, 0.15) is 5.75 Å². The lowest BCUT2D eigenvalue weighted by molar-refractivity contribution is 0.0973. The largest absolute Gasteiger partial charge is 0.496 e. The van der Waals surface area contributed by atoms with E-state index >= 15 is 0 Å². The number of Topliss-reactive ketones (excluding diaryl/α,β-unsaturated/α-hetero) is 1. The maximum Gasteiger partial charge on any atom is 0.163 e. The Labute approximate surface area is 119 Å². The van der Waals surface area contributed by atoms with Gasteiger partial charge in [-0.1, -0.05) is 26.0 Å². The van der Waals surface area contributed by atoms with Gasteiger partial charge in [-0.25, -0.2) is 0 Å². The molecule has 2 aromatic carbocycles. The normalized spacial score (nSPS) is 14.7. The van der Waals surface area contributed by atoms with Crippen LogP contribution in [0, 0.1) is 0 Å². The minimum absolute atomic E-state index is 0.278. The van der Waals surface area contributed by atoms with Gasteiger partial charge in [-0.15, -0.1) is 0 Å². The van der Waals surface area contributed by atoms with Crippen molar-refractivity contribution in [3.8, 4) is 5.75 Å². The molecule has 104 valence electrons. The molecule has 0 unspecified atom stereocenters. The zero-order valence-corrected chi connectivity index (χ0v) is 12.3. The SMILES string of the molecule is COc1cc2c3c(ccc2cc1C(C)C)C(=O)CCC3. The molecule has 0 aliphatic heterocycles. The van der Waals surface area contributed by atoms with Crippen molar-refractivity contribution in [3.05, 3.63) is 41.0 Å². The van der Waals surface area contributed by atoms with Gasteiger partial charge >= 0.3 is 0 Å². The number of ether oxygens (including phenoxy) is 1. The van der Waals surface area contributed by atoms with Gasteiger partial charge in [-0.2, -0.15) is 0 Å². The molecule has 0 saturated heterocycles. The zero-order valence-electron chi connectivity index (χ0n) is 12.3. The lowest BCUT2D eigenvalue weighted by Crippen LogP contribution is -2.11. The molecule has 3 rings (SSSR count). The molecule has 1 aliphatic carbocycles. The molecular weight excluding hydrogens is 248 g/mol. The lowest BCUT2D eigenvalue weighted by Gasteiger charge is -2.19. The summed E-state index contributed by atoms with van der Waals surface area (Å²) < 4.78 is 5.55. The molecule has 2 heteroatoms. The van der Waals surface area contributed by atoms with E-state index in [1.807, 2.05) is 6.07 Å². The summed E-state index contributed by atoms with van der Waals surface area (Å²) in [5.74, 6) is 1.63. The van der Waals surface area contributed by atoms with Crippen LogP contribution in [-0.4, -0.2) is 12.9 Å². The highest BCUT2D eigenvalue weighted by atomic mass is 16.5. The van der Waals surface area contributed by atoms with Crippen molar-refractivity contribution in [2.45, 2.75) is 39.0 Å². The number of benzene rings is 2. The molecule has 0 fully saturated rings. The van der Waals surface area contributed by atoms with Crippen molar-refractivity contribution in [2.75, 3.05) is 7.11 Å². The molecule has 0 spiro atoms. The molecule has 0 radical (unpaired) electrons. The number of hydrogen-bond acceptors (Lipinski definition) is 2. The molecule has 0 saturated carbocycles. The van der Waals surface area contributed by atoms with Crippen molar-refractivity contribution in [3.63, 3.8) is 0 Å². The molecular formula is C18H20O2. The Hall–Kier alpha value is -1.83. The molecule has 0 atom stereocenters. The predicted molar refractivity (Wildman–Crippen MR) is 81.9 cm³/mol. The maximum absolute atomic E-state index is 12.0. The molecule has 2 nitrogen and oxygen atoms in total. The number of ketones is 1. The Balaban J connectivity index is 2.30. The molecule has 0 heterocycles. The summed E-state index contributed by atoms with van der Waals surface area (Å²) in [5.41, 5.74) is 3.33. The van der Waals surface area contributed by atoms with Crippen molar-refractivity contribution in [1.82, 2.24) is 0 Å². The fourth-order valence-corrected chi connectivity index (χ4v) is 3.15. The van der Waals surface area contributed by atoms with Crippen LogP contribution in [0.3, 0.4) is 0 Å². The van der Waals surface area contributed by atoms with E-state index in [9.17, 15) is 4.79 Å². The Bertz CT molecular complexity index is 683. The molecule has 2 aromatic rings. The third kappa shape index (κ3) is 2.00. The molecule has 20 heavy (non-hydrogen) atoms. The minimum Gasteiger partial charge on any atom is -0.496 e. The second-order valence-corrected chi connectivity index (χ2v) is 5.84. The number of methoxy groups -OCH3 is 1. The maximum atomic E-state index is 12.0. The summed E-state index contributed by atoms with van der Waals surface area (Å²) in [5, 5.41) is 2.39. The third-order valence-electron chi connectivity index (χ3n) is 4.23. The quantitative estimate of drug-likeness (QED) is 0.802. The summed E-state index contributed by atoms with van der Waals surface area (Å²) in [6, 6.07) is 8.39. The van der Waals surface area contributed by atoms with Crippen molar-refractivity contribution >= 4 is 16.6 Å². The third-order valence-corrected chi connectivity index (χ3v) is 4.23. The Kier molecular flexibility index (Phi) is 3.25. The molecule has 0 amide bonds. The van der Waals surface area contributed by atoms with Gasteiger partial charge in [-0.3, -0.25) is 4.79 Å². The van der Waals surface area contributed by atoms with Gasteiger partial charge in [0.05, 0.1) is 7.11 Å². The van der Waals surface area contributed by atoms with E-state index in [0.717, 1.165) is 24.2 Å². The smallest absolute Gasteiger partial charge is 0.163 e. The summed E-state index contributed by atoms with van der Waals surface area (Å²) in [6.45, 7) is 4.34. The Morgan fingerprint density at radius 1 is 1.15 bits per heavy atom. The second kappa shape index (κ2) is 4.93. The summed E-state index contributed by atoms with van der Waals surface area (Å²) in [4.78, 5) is 12.0. The van der Waals surface area contributed by atoms with E-state index < -0.39 is 0 Å². The van der Waals surface area contributed by atoms with E-state index in [1.165, 1.54) is 21.9 Å². The van der Waals surface area contributed by atoms with Crippen molar-refractivity contribution in [1.29, 1.82) is 0 Å². The van der Waals surface area contributed by atoms with E-state index in [-0.39, 0.29) is 5.78 Å². The summed E-state index contributed by atoms with van der Waals surface area (Å²) in [7, 11) is 1.72. The Morgan fingerprint density at radius 3 is 2.65 bits per heavy atom. The van der Waals surface area contributed by atoms with Gasteiger partial charge in [-0.05, 0) is 52.8 Å². The van der Waals surface area contributed by atoms with Gasteiger partial charge in [0, 0.05) is 12.0 Å². The fourth-order valence-electron chi connectivity index (χ4n) is 3.15. The van der Waals surface area contributed by atoms with Gasteiger partial charge < -0.3 is 4.74 Å². The number of fused-ring (bicyclic) bond motifs is 3. The number of hydrogen-bond donors (Lipinski definition) is 0. The fraction of sp³-hybridized carbons (Fsp3) is 0.389. The minimum atomic E-state index is 0.278. The molecule has 1 aliphatic rings. The first-order chi connectivity index (χ1) is 9.61. The van der Waals surface area contributed by atoms with Gasteiger partial charge in [0.25, 0.3) is 0 Å². The highest BCUT2D eigenvalue weighted by molar-refractivity contribution is 6.04. The van der Waals surface area contributed by atoms with Crippen LogP contribution in [0.1, 0.15) is 54.1 Å². The van der Waals surface area contributed by atoms with Crippen molar-refractivity contribution < 1.29 is 9.53 Å². The highest BCUT2D eigenvalue weighted by Gasteiger charge is 2.20. The highest BCUT2D eigenvalue weighted by Crippen LogP contribution is 2.35.